The van der Waals surface area contributed by atoms with Crippen molar-refractivity contribution in [1.82, 2.24) is 5.32 Å². The maximum absolute atomic E-state index is 8.80. The molecule has 0 atom stereocenters. The van der Waals surface area contributed by atoms with Gasteiger partial charge in [0.1, 0.15) is 0 Å². The van der Waals surface area contributed by atoms with Gasteiger partial charge in [-0.1, -0.05) is 25.0 Å². The van der Waals surface area contributed by atoms with Crippen LogP contribution in [0, 0.1) is 11.3 Å². The summed E-state index contributed by atoms with van der Waals surface area (Å²) < 4.78 is 5.77. The van der Waals surface area contributed by atoms with Crippen LogP contribution >= 0.6 is 0 Å². The highest BCUT2D eigenvalue weighted by atomic mass is 16.5. The van der Waals surface area contributed by atoms with Crippen LogP contribution < -0.4 is 5.32 Å². The number of nitriles is 1. The molecule has 96 valence electrons. The normalized spacial score (nSPS) is 15.7. The molecule has 1 N–H and O–H groups in total. The highest BCUT2D eigenvalue weighted by Gasteiger charge is 2.14. The minimum atomic E-state index is 0.494. The Bertz CT molecular complexity index is 405. The summed E-state index contributed by atoms with van der Waals surface area (Å²) in [7, 11) is 0. The first-order valence-corrected chi connectivity index (χ1v) is 6.70. The van der Waals surface area contributed by atoms with Crippen molar-refractivity contribution in [2.75, 3.05) is 13.2 Å². The van der Waals surface area contributed by atoms with Crippen LogP contribution in [0.15, 0.2) is 24.3 Å². The van der Waals surface area contributed by atoms with Gasteiger partial charge in [-0.25, -0.2) is 0 Å². The molecule has 1 fully saturated rings. The predicted octanol–water partition coefficient (Wildman–Crippen LogP) is 2.61. The number of rotatable bonds is 6. The maximum Gasteiger partial charge on any atom is 0.0991 e. The van der Waals surface area contributed by atoms with E-state index in [4.69, 9.17) is 10.00 Å². The van der Waals surface area contributed by atoms with Crippen molar-refractivity contribution in [3.8, 4) is 6.07 Å². The fraction of sp³-hybridized carbons (Fsp3) is 0.533. The second kappa shape index (κ2) is 7.15. The molecular weight excluding hydrogens is 224 g/mol. The molecular formula is C15H20N2O. The second-order valence-electron chi connectivity index (χ2n) is 4.77. The quantitative estimate of drug-likeness (QED) is 0.782. The Kier molecular flexibility index (Phi) is 5.19. The molecule has 1 aliphatic carbocycles. The molecule has 2 rings (SSSR count). The Labute approximate surface area is 109 Å². The lowest BCUT2D eigenvalue weighted by atomic mass is 10.1. The molecule has 0 bridgehead atoms. The van der Waals surface area contributed by atoms with Crippen molar-refractivity contribution in [2.45, 2.75) is 38.3 Å². The van der Waals surface area contributed by atoms with E-state index in [0.717, 1.165) is 30.8 Å². The molecule has 1 aliphatic rings. The van der Waals surface area contributed by atoms with Gasteiger partial charge in [0.05, 0.1) is 24.3 Å². The molecule has 0 spiro atoms. The smallest absolute Gasteiger partial charge is 0.0991 e. The summed E-state index contributed by atoms with van der Waals surface area (Å²) in [5.74, 6) is 0. The number of ether oxygens (including phenoxy) is 1. The van der Waals surface area contributed by atoms with Gasteiger partial charge in [-0.05, 0) is 30.5 Å². The van der Waals surface area contributed by atoms with Crippen LogP contribution in [0.3, 0.4) is 0 Å². The highest BCUT2D eigenvalue weighted by Crippen LogP contribution is 2.20. The first-order chi connectivity index (χ1) is 8.88. The largest absolute Gasteiger partial charge is 0.377 e. The van der Waals surface area contributed by atoms with Crippen molar-refractivity contribution in [1.29, 1.82) is 5.26 Å². The van der Waals surface area contributed by atoms with Crippen LogP contribution in [0.25, 0.3) is 0 Å². The summed E-state index contributed by atoms with van der Waals surface area (Å²) in [5.41, 5.74) is 1.87. The monoisotopic (exact) mass is 244 g/mol. The molecule has 3 nitrogen and oxygen atoms in total. The molecule has 3 heteroatoms. The van der Waals surface area contributed by atoms with Crippen molar-refractivity contribution in [3.63, 3.8) is 0 Å². The maximum atomic E-state index is 8.80. The van der Waals surface area contributed by atoms with Crippen LogP contribution in [-0.4, -0.2) is 19.3 Å². The zero-order valence-corrected chi connectivity index (χ0v) is 10.7. The van der Waals surface area contributed by atoms with Gasteiger partial charge in [0.2, 0.25) is 0 Å². The summed E-state index contributed by atoms with van der Waals surface area (Å²) >= 11 is 0. The van der Waals surface area contributed by atoms with E-state index in [1.807, 2.05) is 24.3 Å². The fourth-order valence-corrected chi connectivity index (χ4v) is 2.34. The third-order valence-corrected chi connectivity index (χ3v) is 3.32. The van der Waals surface area contributed by atoms with Crippen LogP contribution in [-0.2, 0) is 11.3 Å². The van der Waals surface area contributed by atoms with Crippen molar-refractivity contribution in [3.05, 3.63) is 35.4 Å². The number of hydrogen-bond acceptors (Lipinski definition) is 3. The molecule has 0 heterocycles. The summed E-state index contributed by atoms with van der Waals surface area (Å²) in [6.45, 7) is 2.44. The Hall–Kier alpha value is -1.37. The first kappa shape index (κ1) is 13.1. The molecule has 0 aromatic heterocycles. The lowest BCUT2D eigenvalue weighted by Crippen LogP contribution is -2.21. The number of benzene rings is 1. The van der Waals surface area contributed by atoms with Gasteiger partial charge in [-0.15, -0.1) is 0 Å². The van der Waals surface area contributed by atoms with Gasteiger partial charge >= 0.3 is 0 Å². The van der Waals surface area contributed by atoms with Gasteiger partial charge in [0, 0.05) is 13.1 Å². The number of hydrogen-bond donors (Lipinski definition) is 1. The summed E-state index contributed by atoms with van der Waals surface area (Å²) in [4.78, 5) is 0. The summed E-state index contributed by atoms with van der Waals surface area (Å²) in [6.07, 6.45) is 5.58. The van der Waals surface area contributed by atoms with Gasteiger partial charge in [-0.3, -0.25) is 0 Å². The minimum Gasteiger partial charge on any atom is -0.377 e. The van der Waals surface area contributed by atoms with E-state index in [1.54, 1.807) is 0 Å². The van der Waals surface area contributed by atoms with E-state index in [9.17, 15) is 0 Å². The summed E-state index contributed by atoms with van der Waals surface area (Å²) in [6, 6.07) is 9.86. The van der Waals surface area contributed by atoms with Crippen molar-refractivity contribution < 1.29 is 4.74 Å². The second-order valence-corrected chi connectivity index (χ2v) is 4.77. The topological polar surface area (TPSA) is 45.0 Å². The molecule has 18 heavy (non-hydrogen) atoms. The molecule has 0 unspecified atom stereocenters. The predicted molar refractivity (Wildman–Crippen MR) is 71.1 cm³/mol. The van der Waals surface area contributed by atoms with E-state index in [2.05, 4.69) is 11.4 Å². The van der Waals surface area contributed by atoms with Crippen LogP contribution in [0.1, 0.15) is 36.8 Å². The summed E-state index contributed by atoms with van der Waals surface area (Å²) in [5, 5.41) is 12.1. The zero-order valence-electron chi connectivity index (χ0n) is 10.7. The molecule has 1 aromatic rings. The molecule has 0 saturated heterocycles. The van der Waals surface area contributed by atoms with Crippen LogP contribution in [0.4, 0.5) is 0 Å². The van der Waals surface area contributed by atoms with Crippen molar-refractivity contribution in [2.24, 2.45) is 0 Å². The van der Waals surface area contributed by atoms with Crippen LogP contribution in [0.5, 0.6) is 0 Å². The molecule has 1 aromatic carbocycles. The fourth-order valence-electron chi connectivity index (χ4n) is 2.34. The van der Waals surface area contributed by atoms with Crippen LogP contribution in [0.2, 0.25) is 0 Å². The molecule has 1 saturated carbocycles. The van der Waals surface area contributed by atoms with E-state index < -0.39 is 0 Å². The first-order valence-electron chi connectivity index (χ1n) is 6.70. The number of nitrogens with zero attached hydrogens (tertiary/aromatic N) is 1. The van der Waals surface area contributed by atoms with Gasteiger partial charge in [0.25, 0.3) is 0 Å². The van der Waals surface area contributed by atoms with E-state index in [0.29, 0.717) is 6.10 Å². The van der Waals surface area contributed by atoms with Crippen molar-refractivity contribution >= 4 is 0 Å². The van der Waals surface area contributed by atoms with E-state index >= 15 is 0 Å². The average molecular weight is 244 g/mol. The third kappa shape index (κ3) is 4.14. The lowest BCUT2D eigenvalue weighted by molar-refractivity contribution is 0.0603. The highest BCUT2D eigenvalue weighted by molar-refractivity contribution is 5.32. The van der Waals surface area contributed by atoms with E-state index in [1.165, 1.54) is 25.7 Å². The van der Waals surface area contributed by atoms with E-state index in [-0.39, 0.29) is 0 Å². The Morgan fingerprint density at radius 2 is 2.17 bits per heavy atom. The zero-order chi connectivity index (χ0) is 12.6. The SMILES string of the molecule is N#Cc1cccc(CNCCOC2CCCC2)c1. The third-order valence-electron chi connectivity index (χ3n) is 3.32. The molecule has 0 amide bonds. The standard InChI is InChI=1S/C15H20N2O/c16-11-13-4-3-5-14(10-13)12-17-8-9-18-15-6-1-2-7-15/h3-5,10,15,17H,1-2,6-9,12H2. The van der Waals surface area contributed by atoms with Gasteiger partial charge in [0.15, 0.2) is 0 Å². The van der Waals surface area contributed by atoms with Gasteiger partial charge in [-0.2, -0.15) is 5.26 Å². The number of nitrogens with one attached hydrogen (secondary N) is 1. The Morgan fingerprint density at radius 1 is 1.33 bits per heavy atom. The lowest BCUT2D eigenvalue weighted by Gasteiger charge is -2.11. The Morgan fingerprint density at radius 3 is 2.94 bits per heavy atom. The molecule has 0 aliphatic heterocycles. The average Bonchev–Trinajstić information content (AvgIpc) is 2.92. The van der Waals surface area contributed by atoms with Gasteiger partial charge < -0.3 is 10.1 Å². The molecule has 0 radical (unpaired) electrons. The minimum absolute atomic E-state index is 0.494. The Balaban J connectivity index is 1.61.